The van der Waals surface area contributed by atoms with E-state index in [0.29, 0.717) is 17.3 Å². The quantitative estimate of drug-likeness (QED) is 0.714. The summed E-state index contributed by atoms with van der Waals surface area (Å²) in [5, 5.41) is 3.04. The molecule has 102 valence electrons. The molecule has 5 nitrogen and oxygen atoms in total. The maximum atomic E-state index is 12.0. The van der Waals surface area contributed by atoms with Crippen LogP contribution >= 0.6 is 0 Å². The van der Waals surface area contributed by atoms with E-state index in [1.165, 1.54) is 0 Å². The number of amides is 1. The van der Waals surface area contributed by atoms with Crippen molar-refractivity contribution in [3.8, 4) is 0 Å². The zero-order chi connectivity index (χ0) is 13.7. The normalized spacial score (nSPS) is 13.0. The van der Waals surface area contributed by atoms with Crippen molar-refractivity contribution in [3.05, 3.63) is 18.0 Å². The third kappa shape index (κ3) is 4.79. The summed E-state index contributed by atoms with van der Waals surface area (Å²) in [6.07, 6.45) is 2.58. The van der Waals surface area contributed by atoms with Crippen LogP contribution in [0.4, 0.5) is 5.69 Å². The van der Waals surface area contributed by atoms with Crippen molar-refractivity contribution in [1.82, 2.24) is 15.2 Å². The van der Waals surface area contributed by atoms with E-state index in [0.717, 1.165) is 13.0 Å². The van der Waals surface area contributed by atoms with Gasteiger partial charge < -0.3 is 20.9 Å². The summed E-state index contributed by atoms with van der Waals surface area (Å²) < 4.78 is 0. The molecule has 0 aliphatic carbocycles. The fraction of sp³-hybridized carbons (Fsp3) is 0.615. The molecule has 0 saturated carbocycles. The lowest BCUT2D eigenvalue weighted by Crippen LogP contribution is -2.42. The Hall–Kier alpha value is -1.49. The van der Waals surface area contributed by atoms with Crippen molar-refractivity contribution < 1.29 is 4.79 Å². The minimum atomic E-state index is -0.0980. The van der Waals surface area contributed by atoms with Gasteiger partial charge in [-0.3, -0.25) is 4.79 Å². The number of carbonyl (C=O) groups is 1. The van der Waals surface area contributed by atoms with Crippen molar-refractivity contribution >= 4 is 11.6 Å². The number of nitrogen functional groups attached to an aromatic ring is 1. The Labute approximate surface area is 109 Å². The molecule has 1 heterocycles. The Kier molecular flexibility index (Phi) is 5.22. The fourth-order valence-corrected chi connectivity index (χ4v) is 1.99. The van der Waals surface area contributed by atoms with Gasteiger partial charge in [-0.1, -0.05) is 13.8 Å². The number of hydrogen-bond donors (Lipinski definition) is 3. The lowest BCUT2D eigenvalue weighted by molar-refractivity contribution is 0.0920. The van der Waals surface area contributed by atoms with Gasteiger partial charge in [0.25, 0.3) is 5.91 Å². The number of anilines is 1. The van der Waals surface area contributed by atoms with Crippen LogP contribution in [0.15, 0.2) is 12.3 Å². The third-order valence-electron chi connectivity index (χ3n) is 2.63. The van der Waals surface area contributed by atoms with Gasteiger partial charge in [0.1, 0.15) is 5.69 Å². The van der Waals surface area contributed by atoms with Gasteiger partial charge in [0.05, 0.1) is 0 Å². The molecule has 0 aliphatic rings. The predicted molar refractivity (Wildman–Crippen MR) is 74.5 cm³/mol. The molecule has 18 heavy (non-hydrogen) atoms. The van der Waals surface area contributed by atoms with Crippen molar-refractivity contribution in [3.63, 3.8) is 0 Å². The highest BCUT2D eigenvalue weighted by Crippen LogP contribution is 2.08. The largest absolute Gasteiger partial charge is 0.397 e. The number of likely N-dealkylation sites (N-methyl/N-ethyl adjacent to an activating group) is 1. The van der Waals surface area contributed by atoms with Gasteiger partial charge in [0, 0.05) is 24.5 Å². The molecule has 0 saturated heterocycles. The molecule has 1 aromatic heterocycles. The zero-order valence-electron chi connectivity index (χ0n) is 11.7. The zero-order valence-corrected chi connectivity index (χ0v) is 11.7. The summed E-state index contributed by atoms with van der Waals surface area (Å²) in [5.74, 6) is 0.447. The van der Waals surface area contributed by atoms with E-state index in [1.807, 2.05) is 14.1 Å². The Morgan fingerprint density at radius 3 is 2.61 bits per heavy atom. The van der Waals surface area contributed by atoms with Gasteiger partial charge in [0.15, 0.2) is 0 Å². The standard InChI is InChI=1S/C13H24N4O/c1-9(2)5-11(8-17(3)4)16-13(18)12-6-10(14)7-15-12/h6-7,9,11,15H,5,8,14H2,1-4H3,(H,16,18). The summed E-state index contributed by atoms with van der Waals surface area (Å²) in [6.45, 7) is 5.14. The van der Waals surface area contributed by atoms with Gasteiger partial charge in [0.2, 0.25) is 0 Å². The van der Waals surface area contributed by atoms with E-state index >= 15 is 0 Å². The molecule has 1 atom stereocenters. The smallest absolute Gasteiger partial charge is 0.268 e. The van der Waals surface area contributed by atoms with Crippen LogP contribution in [0, 0.1) is 5.92 Å². The van der Waals surface area contributed by atoms with Gasteiger partial charge in [-0.15, -0.1) is 0 Å². The average Bonchev–Trinajstić information content (AvgIpc) is 2.62. The lowest BCUT2D eigenvalue weighted by atomic mass is 10.0. The fourth-order valence-electron chi connectivity index (χ4n) is 1.99. The van der Waals surface area contributed by atoms with Crippen LogP contribution in [0.5, 0.6) is 0 Å². The first-order chi connectivity index (χ1) is 8.38. The molecular weight excluding hydrogens is 228 g/mol. The second-order valence-electron chi connectivity index (χ2n) is 5.41. The van der Waals surface area contributed by atoms with E-state index in [9.17, 15) is 4.79 Å². The topological polar surface area (TPSA) is 74.2 Å². The predicted octanol–water partition coefficient (Wildman–Crippen LogP) is 1.30. The van der Waals surface area contributed by atoms with Gasteiger partial charge >= 0.3 is 0 Å². The molecule has 0 fully saturated rings. The Balaban J connectivity index is 2.61. The summed E-state index contributed by atoms with van der Waals surface area (Å²) >= 11 is 0. The maximum Gasteiger partial charge on any atom is 0.268 e. The maximum absolute atomic E-state index is 12.0. The van der Waals surface area contributed by atoms with Gasteiger partial charge in [-0.25, -0.2) is 0 Å². The van der Waals surface area contributed by atoms with E-state index in [-0.39, 0.29) is 11.9 Å². The average molecular weight is 252 g/mol. The van der Waals surface area contributed by atoms with E-state index < -0.39 is 0 Å². The summed E-state index contributed by atoms with van der Waals surface area (Å²) in [7, 11) is 4.01. The highest BCUT2D eigenvalue weighted by molar-refractivity contribution is 5.93. The molecule has 0 spiro atoms. The summed E-state index contributed by atoms with van der Waals surface area (Å²) in [6, 6.07) is 1.80. The number of aromatic amines is 1. The first kappa shape index (κ1) is 14.6. The number of rotatable bonds is 6. The molecule has 1 aromatic rings. The number of nitrogens with two attached hydrogens (primary N) is 1. The molecule has 1 rings (SSSR count). The van der Waals surface area contributed by atoms with E-state index in [1.54, 1.807) is 12.3 Å². The number of hydrogen-bond acceptors (Lipinski definition) is 3. The molecule has 0 aliphatic heterocycles. The number of aromatic nitrogens is 1. The van der Waals surface area contributed by atoms with E-state index in [4.69, 9.17) is 5.73 Å². The molecule has 0 bridgehead atoms. The monoisotopic (exact) mass is 252 g/mol. The third-order valence-corrected chi connectivity index (χ3v) is 2.63. The number of nitrogens with zero attached hydrogens (tertiary/aromatic N) is 1. The minimum Gasteiger partial charge on any atom is -0.397 e. The van der Waals surface area contributed by atoms with Crippen LogP contribution in [0.25, 0.3) is 0 Å². The lowest BCUT2D eigenvalue weighted by Gasteiger charge is -2.23. The first-order valence-electron chi connectivity index (χ1n) is 6.28. The first-order valence-corrected chi connectivity index (χ1v) is 6.28. The van der Waals surface area contributed by atoms with Crippen LogP contribution < -0.4 is 11.1 Å². The molecule has 1 unspecified atom stereocenters. The highest BCUT2D eigenvalue weighted by atomic mass is 16.1. The van der Waals surface area contributed by atoms with Crippen LogP contribution in [0.1, 0.15) is 30.8 Å². The van der Waals surface area contributed by atoms with Crippen molar-refractivity contribution in [1.29, 1.82) is 0 Å². The van der Waals surface area contributed by atoms with Crippen molar-refractivity contribution in [2.45, 2.75) is 26.3 Å². The van der Waals surface area contributed by atoms with Crippen molar-refractivity contribution in [2.75, 3.05) is 26.4 Å². The second kappa shape index (κ2) is 6.44. The van der Waals surface area contributed by atoms with Crippen LogP contribution in [-0.2, 0) is 0 Å². The number of H-pyrrole nitrogens is 1. The molecule has 5 heteroatoms. The molecule has 0 aromatic carbocycles. The molecule has 0 radical (unpaired) electrons. The summed E-state index contributed by atoms with van der Waals surface area (Å²) in [5.41, 5.74) is 6.68. The van der Waals surface area contributed by atoms with Crippen LogP contribution in [0.3, 0.4) is 0 Å². The SMILES string of the molecule is CC(C)CC(CN(C)C)NC(=O)c1cc(N)c[nH]1. The van der Waals surface area contributed by atoms with Crippen molar-refractivity contribution in [2.24, 2.45) is 5.92 Å². The highest BCUT2D eigenvalue weighted by Gasteiger charge is 2.16. The Morgan fingerprint density at radius 2 is 2.17 bits per heavy atom. The van der Waals surface area contributed by atoms with Crippen LogP contribution in [-0.4, -0.2) is 42.5 Å². The Morgan fingerprint density at radius 1 is 1.50 bits per heavy atom. The molecular formula is C13H24N4O. The van der Waals surface area contributed by atoms with E-state index in [2.05, 4.69) is 29.0 Å². The second-order valence-corrected chi connectivity index (χ2v) is 5.41. The molecule has 1 amide bonds. The molecule has 4 N–H and O–H groups in total. The summed E-state index contributed by atoms with van der Waals surface area (Å²) in [4.78, 5) is 17.0. The minimum absolute atomic E-state index is 0.0980. The van der Waals surface area contributed by atoms with Crippen LogP contribution in [0.2, 0.25) is 0 Å². The van der Waals surface area contributed by atoms with Gasteiger partial charge in [-0.05, 0) is 32.5 Å². The number of nitrogens with one attached hydrogen (secondary N) is 2. The number of carbonyl (C=O) groups excluding carboxylic acids is 1. The Bertz CT molecular complexity index is 374. The van der Waals surface area contributed by atoms with Gasteiger partial charge in [-0.2, -0.15) is 0 Å².